The van der Waals surface area contributed by atoms with Crippen molar-refractivity contribution < 1.29 is 80.2 Å². The molecular formula is C85H166O17P2. The maximum Gasteiger partial charge on any atom is 0.472 e. The number of carbonyl (C=O) groups is 4. The maximum absolute atomic E-state index is 13.1. The lowest BCUT2D eigenvalue weighted by molar-refractivity contribution is -0.161. The Kier molecular flexibility index (Phi) is 75.0. The highest BCUT2D eigenvalue weighted by atomic mass is 31.2. The van der Waals surface area contributed by atoms with Gasteiger partial charge in [-0.25, -0.2) is 9.13 Å². The van der Waals surface area contributed by atoms with Gasteiger partial charge in [-0.1, -0.05) is 401 Å². The fourth-order valence-electron chi connectivity index (χ4n) is 13.2. The molecule has 0 aliphatic rings. The second-order valence-electron chi connectivity index (χ2n) is 31.3. The van der Waals surface area contributed by atoms with Gasteiger partial charge in [-0.2, -0.15) is 0 Å². The van der Waals surface area contributed by atoms with Crippen LogP contribution in [-0.2, 0) is 65.4 Å². The molecule has 0 bridgehead atoms. The van der Waals surface area contributed by atoms with E-state index < -0.39 is 97.5 Å². The molecule has 3 unspecified atom stereocenters. The zero-order valence-corrected chi connectivity index (χ0v) is 70.1. The van der Waals surface area contributed by atoms with Gasteiger partial charge in [0.2, 0.25) is 0 Å². The van der Waals surface area contributed by atoms with Crippen molar-refractivity contribution in [2.24, 2.45) is 11.8 Å². The summed E-state index contributed by atoms with van der Waals surface area (Å²) in [6, 6.07) is 0. The molecular weight excluding hydrogens is 1350 g/mol. The van der Waals surface area contributed by atoms with Gasteiger partial charge in [0, 0.05) is 25.7 Å². The molecule has 0 aromatic rings. The van der Waals surface area contributed by atoms with Gasteiger partial charge in [-0.3, -0.25) is 37.3 Å². The lowest BCUT2D eigenvalue weighted by Gasteiger charge is -2.21. The Labute approximate surface area is 638 Å². The van der Waals surface area contributed by atoms with Crippen LogP contribution in [0.2, 0.25) is 0 Å². The molecule has 0 heterocycles. The molecule has 6 atom stereocenters. The van der Waals surface area contributed by atoms with E-state index in [2.05, 4.69) is 41.5 Å². The third-order valence-corrected chi connectivity index (χ3v) is 22.2. The topological polar surface area (TPSA) is 237 Å². The van der Waals surface area contributed by atoms with Gasteiger partial charge in [-0.15, -0.1) is 0 Å². The van der Waals surface area contributed by atoms with Crippen LogP contribution in [0.15, 0.2) is 0 Å². The molecule has 0 rings (SSSR count). The van der Waals surface area contributed by atoms with Crippen LogP contribution in [0.1, 0.15) is 452 Å². The van der Waals surface area contributed by atoms with E-state index in [1.165, 1.54) is 263 Å². The largest absolute Gasteiger partial charge is 0.472 e. The Morgan fingerprint density at radius 3 is 0.731 bits per heavy atom. The van der Waals surface area contributed by atoms with Gasteiger partial charge < -0.3 is 33.8 Å². The molecule has 0 aromatic carbocycles. The molecule has 0 aliphatic carbocycles. The fraction of sp³-hybridized carbons (Fsp3) is 0.953. The first-order valence-electron chi connectivity index (χ1n) is 44.0. The number of phosphoric acid groups is 2. The third kappa shape index (κ3) is 76.8. The molecule has 0 fully saturated rings. The molecule has 19 heteroatoms. The van der Waals surface area contributed by atoms with Crippen LogP contribution in [0.25, 0.3) is 0 Å². The van der Waals surface area contributed by atoms with Crippen molar-refractivity contribution in [3.8, 4) is 0 Å². The number of phosphoric ester groups is 2. The Balaban J connectivity index is 5.22. The highest BCUT2D eigenvalue weighted by molar-refractivity contribution is 7.47. The van der Waals surface area contributed by atoms with Crippen LogP contribution < -0.4 is 0 Å². The van der Waals surface area contributed by atoms with Crippen molar-refractivity contribution in [2.45, 2.75) is 471 Å². The van der Waals surface area contributed by atoms with Crippen LogP contribution in [0.5, 0.6) is 0 Å². The molecule has 0 aromatic heterocycles. The Hall–Kier alpha value is -1.94. The number of hydrogen-bond acceptors (Lipinski definition) is 15. The average Bonchev–Trinajstić information content (AvgIpc) is 0.913. The minimum absolute atomic E-state index is 0.108. The number of hydrogen-bond donors (Lipinski definition) is 3. The summed E-state index contributed by atoms with van der Waals surface area (Å²) in [5.41, 5.74) is 0. The summed E-state index contributed by atoms with van der Waals surface area (Å²) in [7, 11) is -9.93. The first-order chi connectivity index (χ1) is 50.4. The van der Waals surface area contributed by atoms with Crippen molar-refractivity contribution in [1.82, 2.24) is 0 Å². The van der Waals surface area contributed by atoms with E-state index in [4.69, 9.17) is 37.0 Å². The van der Waals surface area contributed by atoms with Crippen LogP contribution in [0, 0.1) is 11.8 Å². The van der Waals surface area contributed by atoms with E-state index in [-0.39, 0.29) is 25.7 Å². The molecule has 618 valence electrons. The lowest BCUT2D eigenvalue weighted by Crippen LogP contribution is -2.30. The number of esters is 4. The van der Waals surface area contributed by atoms with Gasteiger partial charge >= 0.3 is 39.5 Å². The normalized spacial score (nSPS) is 14.1. The van der Waals surface area contributed by atoms with Crippen LogP contribution in [0.4, 0.5) is 0 Å². The molecule has 0 saturated carbocycles. The number of rotatable bonds is 84. The number of carbonyl (C=O) groups excluding carboxylic acids is 4. The summed E-state index contributed by atoms with van der Waals surface area (Å²) in [6.07, 6.45) is 68.1. The second kappa shape index (κ2) is 76.4. The molecule has 0 spiro atoms. The summed E-state index contributed by atoms with van der Waals surface area (Å²) in [6.45, 7) is 9.68. The molecule has 0 radical (unpaired) electrons. The quantitative estimate of drug-likeness (QED) is 0.0222. The Bertz CT molecular complexity index is 2000. The monoisotopic (exact) mass is 1520 g/mol. The van der Waals surface area contributed by atoms with Crippen LogP contribution in [0.3, 0.4) is 0 Å². The number of aliphatic hydroxyl groups excluding tert-OH is 1. The van der Waals surface area contributed by atoms with Crippen LogP contribution in [-0.4, -0.2) is 96.7 Å². The second-order valence-corrected chi connectivity index (χ2v) is 34.2. The number of aliphatic hydroxyl groups is 1. The number of unbranched alkanes of at least 4 members (excludes halogenated alkanes) is 53. The van der Waals surface area contributed by atoms with Gasteiger partial charge in [0.25, 0.3) is 0 Å². The first-order valence-corrected chi connectivity index (χ1v) is 47.0. The van der Waals surface area contributed by atoms with E-state index in [0.29, 0.717) is 31.6 Å². The molecule has 17 nitrogen and oxygen atoms in total. The van der Waals surface area contributed by atoms with Crippen molar-refractivity contribution in [2.75, 3.05) is 39.6 Å². The fourth-order valence-corrected chi connectivity index (χ4v) is 14.8. The van der Waals surface area contributed by atoms with Crippen molar-refractivity contribution in [3.63, 3.8) is 0 Å². The molecule has 0 aliphatic heterocycles. The lowest BCUT2D eigenvalue weighted by atomic mass is 9.99. The first kappa shape index (κ1) is 102. The average molecular weight is 1520 g/mol. The van der Waals surface area contributed by atoms with E-state index in [9.17, 15) is 43.2 Å². The predicted molar refractivity (Wildman–Crippen MR) is 428 cm³/mol. The van der Waals surface area contributed by atoms with Gasteiger partial charge in [0.1, 0.15) is 19.3 Å². The van der Waals surface area contributed by atoms with Gasteiger partial charge in [0.05, 0.1) is 26.4 Å². The van der Waals surface area contributed by atoms with Crippen LogP contribution >= 0.6 is 15.6 Å². The molecule has 104 heavy (non-hydrogen) atoms. The van der Waals surface area contributed by atoms with Gasteiger partial charge in [-0.05, 0) is 37.5 Å². The predicted octanol–water partition coefficient (Wildman–Crippen LogP) is 25.8. The number of ether oxygens (including phenoxy) is 4. The zero-order valence-electron chi connectivity index (χ0n) is 68.3. The van der Waals surface area contributed by atoms with E-state index >= 15 is 0 Å². The standard InChI is InChI=1S/C85H166O17P2/c1-7-10-12-14-16-18-20-22-24-31-35-39-43-49-55-61-67-82(87)95-73-80(101-84(89)69-64-58-51-45-41-37-33-29-27-26-28-30-34-38-42-48-54-60-66-78(6)9-3)75-99-103(91,92)97-71-79(86)72-98-104(93,94)100-76-81(74-96-83(88)68-62-56-52-46-47-53-59-65-77(4)5)102-85(90)70-63-57-50-44-40-36-32-25-23-21-19-17-15-13-11-8-2/h77-81,86H,7-76H2,1-6H3,(H,91,92)(H,93,94)/t78?,79-,80-,81-/m1/s1. The summed E-state index contributed by atoms with van der Waals surface area (Å²) < 4.78 is 68.8. The van der Waals surface area contributed by atoms with E-state index in [1.54, 1.807) is 0 Å². The SMILES string of the molecule is CCCCCCCCCCCCCCCCCCC(=O)OC[C@H](COP(=O)(O)OC[C@@H](O)COP(=O)(O)OC[C@@H](COC(=O)CCCCCCCCCC(C)C)OC(=O)CCCCCCCCCCCCCCCCCC)OC(=O)CCCCCCCCCCCCCCCCCCCCC(C)CC. The highest BCUT2D eigenvalue weighted by Gasteiger charge is 2.30. The Morgan fingerprint density at radius 1 is 0.279 bits per heavy atom. The highest BCUT2D eigenvalue weighted by Crippen LogP contribution is 2.45. The summed E-state index contributed by atoms with van der Waals surface area (Å²) >= 11 is 0. The minimum atomic E-state index is -4.96. The summed E-state index contributed by atoms with van der Waals surface area (Å²) in [5, 5.41) is 10.7. The van der Waals surface area contributed by atoms with E-state index in [0.717, 1.165) is 102 Å². The molecule has 0 saturated heterocycles. The van der Waals surface area contributed by atoms with E-state index in [1.807, 2.05) is 0 Å². The molecule has 3 N–H and O–H groups in total. The minimum Gasteiger partial charge on any atom is -0.462 e. The summed E-state index contributed by atoms with van der Waals surface area (Å²) in [4.78, 5) is 73.2. The molecule has 0 amide bonds. The Morgan fingerprint density at radius 2 is 0.490 bits per heavy atom. The van der Waals surface area contributed by atoms with Crippen molar-refractivity contribution >= 4 is 39.5 Å². The van der Waals surface area contributed by atoms with Crippen molar-refractivity contribution in [3.05, 3.63) is 0 Å². The third-order valence-electron chi connectivity index (χ3n) is 20.3. The summed E-state index contributed by atoms with van der Waals surface area (Å²) in [5.74, 6) is -0.527. The smallest absolute Gasteiger partial charge is 0.462 e. The zero-order chi connectivity index (χ0) is 76.4. The van der Waals surface area contributed by atoms with Crippen molar-refractivity contribution in [1.29, 1.82) is 0 Å². The van der Waals surface area contributed by atoms with Gasteiger partial charge in [0.15, 0.2) is 12.2 Å². The maximum atomic E-state index is 13.1.